The molecule has 0 fully saturated rings. The maximum atomic E-state index is 12.5. The second-order valence-corrected chi connectivity index (χ2v) is 3.21. The van der Waals surface area contributed by atoms with Crippen LogP contribution in [0.5, 0.6) is 0 Å². The van der Waals surface area contributed by atoms with Crippen molar-refractivity contribution in [1.29, 1.82) is 0 Å². The Kier molecular flexibility index (Phi) is 2.60. The van der Waals surface area contributed by atoms with Gasteiger partial charge in [0, 0.05) is 5.56 Å². The van der Waals surface area contributed by atoms with Crippen molar-refractivity contribution in [2.75, 3.05) is 0 Å². The van der Waals surface area contributed by atoms with E-state index in [2.05, 4.69) is 10.2 Å². The predicted octanol–water partition coefficient (Wildman–Crippen LogP) is 3.16. The minimum Gasteiger partial charge on any atom is -0.166 e. The van der Waals surface area contributed by atoms with Crippen LogP contribution in [0.15, 0.2) is 42.7 Å². The van der Waals surface area contributed by atoms with E-state index in [4.69, 9.17) is 0 Å². The summed E-state index contributed by atoms with van der Waals surface area (Å²) in [5.74, 6) is 0. The normalized spacial score (nSPS) is 11.4. The summed E-state index contributed by atoms with van der Waals surface area (Å²) in [7, 11) is 0. The number of halogens is 3. The van der Waals surface area contributed by atoms with Gasteiger partial charge in [-0.05, 0) is 23.8 Å². The van der Waals surface area contributed by atoms with Gasteiger partial charge in [0.2, 0.25) is 0 Å². The second kappa shape index (κ2) is 3.92. The molecule has 0 aliphatic heterocycles. The molecule has 0 saturated heterocycles. The molecule has 0 N–H and O–H groups in total. The first-order valence-corrected chi connectivity index (χ1v) is 4.52. The van der Waals surface area contributed by atoms with Crippen LogP contribution in [0.2, 0.25) is 0 Å². The fraction of sp³-hybridized carbons (Fsp3) is 0.0909. The summed E-state index contributed by atoms with van der Waals surface area (Å²) in [4.78, 5) is 0. The van der Waals surface area contributed by atoms with Crippen molar-refractivity contribution in [3.63, 3.8) is 0 Å². The average molecular weight is 224 g/mol. The Labute approximate surface area is 89.8 Å². The summed E-state index contributed by atoms with van der Waals surface area (Å²) < 4.78 is 37.4. The highest BCUT2D eigenvalue weighted by Gasteiger charge is 2.30. The van der Waals surface area contributed by atoms with Crippen molar-refractivity contribution in [3.05, 3.63) is 48.3 Å². The van der Waals surface area contributed by atoms with Crippen LogP contribution in [0.25, 0.3) is 11.1 Å². The van der Waals surface area contributed by atoms with Crippen molar-refractivity contribution < 1.29 is 13.2 Å². The van der Waals surface area contributed by atoms with Crippen molar-refractivity contribution in [3.8, 4) is 11.1 Å². The van der Waals surface area contributed by atoms with Gasteiger partial charge in [-0.25, -0.2) is 0 Å². The molecule has 0 saturated carbocycles. The summed E-state index contributed by atoms with van der Waals surface area (Å²) >= 11 is 0. The van der Waals surface area contributed by atoms with Gasteiger partial charge in [0.1, 0.15) is 0 Å². The highest BCUT2D eigenvalue weighted by Crippen LogP contribution is 2.31. The Morgan fingerprint density at radius 3 is 2.38 bits per heavy atom. The minimum atomic E-state index is -4.32. The lowest BCUT2D eigenvalue weighted by molar-refractivity contribution is -0.137. The Morgan fingerprint density at radius 2 is 1.75 bits per heavy atom. The standard InChI is InChI=1S/C11H7F3N2/c12-11(13,14)10-3-1-2-8(6-10)9-4-5-15-16-7-9/h1-7H. The van der Waals surface area contributed by atoms with Gasteiger partial charge in [0.15, 0.2) is 0 Å². The van der Waals surface area contributed by atoms with E-state index < -0.39 is 11.7 Å². The van der Waals surface area contributed by atoms with Gasteiger partial charge < -0.3 is 0 Å². The molecule has 1 aromatic carbocycles. The molecule has 0 aliphatic carbocycles. The maximum absolute atomic E-state index is 12.5. The van der Waals surface area contributed by atoms with E-state index in [0.29, 0.717) is 11.1 Å². The van der Waals surface area contributed by atoms with Gasteiger partial charge in [0.25, 0.3) is 0 Å². The number of alkyl halides is 3. The average Bonchev–Trinajstić information content (AvgIpc) is 2.29. The lowest BCUT2D eigenvalue weighted by Crippen LogP contribution is -2.04. The van der Waals surface area contributed by atoms with Crippen molar-refractivity contribution in [2.45, 2.75) is 6.18 Å². The zero-order valence-corrected chi connectivity index (χ0v) is 8.07. The van der Waals surface area contributed by atoms with Gasteiger partial charge in [0.05, 0.1) is 18.0 Å². The molecular formula is C11H7F3N2. The van der Waals surface area contributed by atoms with E-state index in [9.17, 15) is 13.2 Å². The van der Waals surface area contributed by atoms with Crippen LogP contribution < -0.4 is 0 Å². The molecule has 1 heterocycles. The van der Waals surface area contributed by atoms with Crippen LogP contribution in [-0.2, 0) is 6.18 Å². The second-order valence-electron chi connectivity index (χ2n) is 3.21. The first-order valence-electron chi connectivity index (χ1n) is 4.52. The minimum absolute atomic E-state index is 0.477. The van der Waals surface area contributed by atoms with Crippen LogP contribution >= 0.6 is 0 Å². The summed E-state index contributed by atoms with van der Waals surface area (Å²) in [6.07, 6.45) is -1.46. The third-order valence-corrected chi connectivity index (χ3v) is 2.11. The van der Waals surface area contributed by atoms with Crippen molar-refractivity contribution in [2.24, 2.45) is 0 Å². The molecule has 2 rings (SSSR count). The molecule has 16 heavy (non-hydrogen) atoms. The fourth-order valence-electron chi connectivity index (χ4n) is 1.34. The lowest BCUT2D eigenvalue weighted by Gasteiger charge is -2.08. The van der Waals surface area contributed by atoms with Gasteiger partial charge in [-0.2, -0.15) is 23.4 Å². The first kappa shape index (κ1) is 10.6. The molecule has 2 nitrogen and oxygen atoms in total. The molecule has 0 aliphatic rings. The highest BCUT2D eigenvalue weighted by molar-refractivity contribution is 5.62. The van der Waals surface area contributed by atoms with E-state index in [1.807, 2.05) is 0 Å². The molecule has 1 aromatic heterocycles. The summed E-state index contributed by atoms with van der Waals surface area (Å²) in [6, 6.07) is 6.72. The lowest BCUT2D eigenvalue weighted by atomic mass is 10.1. The molecule has 2 aromatic rings. The summed E-state index contributed by atoms with van der Waals surface area (Å²) in [5.41, 5.74) is 0.424. The Hall–Kier alpha value is -1.91. The fourth-order valence-corrected chi connectivity index (χ4v) is 1.34. The molecule has 0 atom stereocenters. The molecule has 82 valence electrons. The van der Waals surface area contributed by atoms with Gasteiger partial charge >= 0.3 is 6.18 Å². The Bertz CT molecular complexity index is 480. The van der Waals surface area contributed by atoms with E-state index in [-0.39, 0.29) is 0 Å². The summed E-state index contributed by atoms with van der Waals surface area (Å²) in [5, 5.41) is 7.19. The van der Waals surface area contributed by atoms with Crippen LogP contribution in [-0.4, -0.2) is 10.2 Å². The third-order valence-electron chi connectivity index (χ3n) is 2.11. The molecule has 5 heteroatoms. The molecule has 0 unspecified atom stereocenters. The summed E-state index contributed by atoms with van der Waals surface area (Å²) in [6.45, 7) is 0. The van der Waals surface area contributed by atoms with Gasteiger partial charge in [-0.1, -0.05) is 12.1 Å². The molecular weight excluding hydrogens is 217 g/mol. The van der Waals surface area contributed by atoms with E-state index in [1.165, 1.54) is 18.5 Å². The first-order chi connectivity index (χ1) is 7.57. The largest absolute Gasteiger partial charge is 0.416 e. The van der Waals surface area contributed by atoms with E-state index in [1.54, 1.807) is 12.1 Å². The number of benzene rings is 1. The maximum Gasteiger partial charge on any atom is 0.416 e. The number of aromatic nitrogens is 2. The zero-order valence-electron chi connectivity index (χ0n) is 8.07. The number of hydrogen-bond acceptors (Lipinski definition) is 2. The topological polar surface area (TPSA) is 25.8 Å². The number of rotatable bonds is 1. The molecule has 0 radical (unpaired) electrons. The van der Waals surface area contributed by atoms with Gasteiger partial charge in [-0.3, -0.25) is 0 Å². The quantitative estimate of drug-likeness (QED) is 0.743. The van der Waals surface area contributed by atoms with Gasteiger partial charge in [-0.15, -0.1) is 0 Å². The van der Waals surface area contributed by atoms with Crippen molar-refractivity contribution >= 4 is 0 Å². The van der Waals surface area contributed by atoms with Crippen LogP contribution in [0.3, 0.4) is 0 Å². The van der Waals surface area contributed by atoms with E-state index in [0.717, 1.165) is 12.1 Å². The SMILES string of the molecule is FC(F)(F)c1cccc(-c2ccnnc2)c1. The monoisotopic (exact) mass is 224 g/mol. The zero-order chi connectivity index (χ0) is 11.6. The molecule has 0 amide bonds. The van der Waals surface area contributed by atoms with Crippen molar-refractivity contribution in [1.82, 2.24) is 10.2 Å². The van der Waals surface area contributed by atoms with Crippen LogP contribution in [0.1, 0.15) is 5.56 Å². The van der Waals surface area contributed by atoms with Crippen LogP contribution in [0, 0.1) is 0 Å². The number of hydrogen-bond donors (Lipinski definition) is 0. The Balaban J connectivity index is 2.45. The molecule has 0 bridgehead atoms. The van der Waals surface area contributed by atoms with E-state index >= 15 is 0 Å². The van der Waals surface area contributed by atoms with Crippen LogP contribution in [0.4, 0.5) is 13.2 Å². The number of nitrogens with zero attached hydrogens (tertiary/aromatic N) is 2. The Morgan fingerprint density at radius 1 is 0.938 bits per heavy atom. The molecule has 0 spiro atoms. The predicted molar refractivity (Wildman–Crippen MR) is 52.5 cm³/mol. The third kappa shape index (κ3) is 2.18. The smallest absolute Gasteiger partial charge is 0.166 e. The highest BCUT2D eigenvalue weighted by atomic mass is 19.4.